The molecule has 0 saturated carbocycles. The molecule has 0 unspecified atom stereocenters. The van der Waals surface area contributed by atoms with Gasteiger partial charge in [0.15, 0.2) is 17.5 Å². The van der Waals surface area contributed by atoms with Crippen LogP contribution in [0.3, 0.4) is 0 Å². The van der Waals surface area contributed by atoms with Crippen LogP contribution in [0.4, 0.5) is 17.6 Å². The van der Waals surface area contributed by atoms with Gasteiger partial charge in [-0.1, -0.05) is 37.6 Å². The molecule has 3 aromatic carbocycles. The molecule has 3 aromatic rings. The van der Waals surface area contributed by atoms with E-state index in [0.29, 0.717) is 5.56 Å². The van der Waals surface area contributed by atoms with Crippen LogP contribution in [0.1, 0.15) is 18.9 Å². The largest absolute Gasteiger partial charge is 0.206 e. The van der Waals surface area contributed by atoms with E-state index in [9.17, 15) is 17.6 Å². The van der Waals surface area contributed by atoms with Crippen LogP contribution < -0.4 is 0 Å². The summed E-state index contributed by atoms with van der Waals surface area (Å²) in [6.45, 7) is 2.08. The zero-order valence-corrected chi connectivity index (χ0v) is 12.5. The van der Waals surface area contributed by atoms with Gasteiger partial charge in [0.2, 0.25) is 0 Å². The van der Waals surface area contributed by atoms with E-state index in [1.165, 1.54) is 6.07 Å². The molecule has 0 radical (unpaired) electrons. The lowest BCUT2D eigenvalue weighted by Gasteiger charge is -2.08. The van der Waals surface area contributed by atoms with Crippen LogP contribution in [0.25, 0.3) is 21.9 Å². The molecule has 23 heavy (non-hydrogen) atoms. The molecule has 0 spiro atoms. The molecule has 3 rings (SSSR count). The van der Waals surface area contributed by atoms with Crippen molar-refractivity contribution >= 4 is 10.8 Å². The van der Waals surface area contributed by atoms with E-state index in [0.717, 1.165) is 36.1 Å². The highest BCUT2D eigenvalue weighted by Crippen LogP contribution is 2.31. The number of hydrogen-bond acceptors (Lipinski definition) is 0. The number of aryl methyl sites for hydroxylation is 1. The second-order valence-electron chi connectivity index (χ2n) is 5.49. The molecule has 0 nitrogen and oxygen atoms in total. The predicted octanol–water partition coefficient (Wildman–Crippen LogP) is 6.02. The van der Waals surface area contributed by atoms with Crippen LogP contribution in [0.2, 0.25) is 0 Å². The molecule has 0 atom stereocenters. The van der Waals surface area contributed by atoms with Gasteiger partial charge in [0, 0.05) is 0 Å². The smallest absolute Gasteiger partial charge is 0.195 e. The third kappa shape index (κ3) is 2.81. The van der Waals surface area contributed by atoms with Crippen LogP contribution >= 0.6 is 0 Å². The minimum absolute atomic E-state index is 0.00552. The molecule has 0 aromatic heterocycles. The Kier molecular flexibility index (Phi) is 4.07. The van der Waals surface area contributed by atoms with Crippen molar-refractivity contribution in [3.8, 4) is 11.1 Å². The predicted molar refractivity (Wildman–Crippen MR) is 83.2 cm³/mol. The molecule has 0 heterocycles. The zero-order chi connectivity index (χ0) is 16.6. The quantitative estimate of drug-likeness (QED) is 0.409. The van der Waals surface area contributed by atoms with Crippen LogP contribution in [-0.4, -0.2) is 0 Å². The Hall–Kier alpha value is -2.36. The maximum Gasteiger partial charge on any atom is 0.195 e. The Labute approximate surface area is 131 Å². The number of halogens is 4. The zero-order valence-electron chi connectivity index (χ0n) is 12.5. The lowest BCUT2D eigenvalue weighted by Crippen LogP contribution is -1.95. The summed E-state index contributed by atoms with van der Waals surface area (Å²) in [5, 5.41) is -0.538. The van der Waals surface area contributed by atoms with Gasteiger partial charge in [-0.2, -0.15) is 0 Å². The van der Waals surface area contributed by atoms with E-state index >= 15 is 0 Å². The van der Waals surface area contributed by atoms with Crippen LogP contribution in [0.15, 0.2) is 42.5 Å². The minimum atomic E-state index is -1.66. The molecule has 0 saturated heterocycles. The van der Waals surface area contributed by atoms with Crippen molar-refractivity contribution in [3.05, 3.63) is 71.3 Å². The summed E-state index contributed by atoms with van der Waals surface area (Å²) in [5.41, 5.74) is 2.39. The van der Waals surface area contributed by atoms with Gasteiger partial charge in [-0.05, 0) is 46.7 Å². The van der Waals surface area contributed by atoms with Gasteiger partial charge >= 0.3 is 0 Å². The van der Waals surface area contributed by atoms with Crippen LogP contribution in [-0.2, 0) is 6.42 Å². The number of benzene rings is 3. The fraction of sp³-hybridized carbons (Fsp3) is 0.158. The van der Waals surface area contributed by atoms with Gasteiger partial charge in [-0.3, -0.25) is 0 Å². The molecule has 0 aliphatic carbocycles. The molecule has 0 fully saturated rings. The Balaban J connectivity index is 2.14. The molecule has 0 bridgehead atoms. The first-order valence-corrected chi connectivity index (χ1v) is 7.37. The summed E-state index contributed by atoms with van der Waals surface area (Å²) in [4.78, 5) is 0. The van der Waals surface area contributed by atoms with Crippen molar-refractivity contribution < 1.29 is 17.6 Å². The van der Waals surface area contributed by atoms with Gasteiger partial charge in [0.1, 0.15) is 5.82 Å². The van der Waals surface area contributed by atoms with Crippen molar-refractivity contribution in [2.24, 2.45) is 0 Å². The van der Waals surface area contributed by atoms with Gasteiger partial charge in [0.05, 0.1) is 5.39 Å². The summed E-state index contributed by atoms with van der Waals surface area (Å²) in [6, 6.07) is 10.9. The highest BCUT2D eigenvalue weighted by atomic mass is 19.2. The first kappa shape index (κ1) is 15.5. The van der Waals surface area contributed by atoms with E-state index in [1.807, 2.05) is 24.3 Å². The number of rotatable bonds is 3. The third-order valence-electron chi connectivity index (χ3n) is 3.85. The van der Waals surface area contributed by atoms with E-state index in [1.54, 1.807) is 0 Å². The summed E-state index contributed by atoms with van der Waals surface area (Å²) >= 11 is 0. The topological polar surface area (TPSA) is 0 Å². The first-order chi connectivity index (χ1) is 11.0. The Bertz CT molecular complexity index is 867. The van der Waals surface area contributed by atoms with Crippen LogP contribution in [0.5, 0.6) is 0 Å². The molecular weight excluding hydrogens is 304 g/mol. The lowest BCUT2D eigenvalue weighted by molar-refractivity contribution is 0.451. The van der Waals surface area contributed by atoms with Gasteiger partial charge < -0.3 is 0 Å². The maximum absolute atomic E-state index is 14.2. The summed E-state index contributed by atoms with van der Waals surface area (Å²) in [5.74, 6) is -5.40. The summed E-state index contributed by atoms with van der Waals surface area (Å²) in [6.07, 6.45) is 1.97. The monoisotopic (exact) mass is 318 g/mol. The fourth-order valence-corrected chi connectivity index (χ4v) is 2.71. The van der Waals surface area contributed by atoms with Crippen molar-refractivity contribution in [1.29, 1.82) is 0 Å². The van der Waals surface area contributed by atoms with Crippen molar-refractivity contribution in [2.75, 3.05) is 0 Å². The average molecular weight is 318 g/mol. The van der Waals surface area contributed by atoms with Crippen molar-refractivity contribution in [2.45, 2.75) is 19.8 Å². The van der Waals surface area contributed by atoms with Crippen LogP contribution in [0, 0.1) is 23.3 Å². The second kappa shape index (κ2) is 6.03. The molecular formula is C19H14F4. The van der Waals surface area contributed by atoms with Crippen molar-refractivity contribution in [1.82, 2.24) is 0 Å². The van der Waals surface area contributed by atoms with Gasteiger partial charge in [-0.15, -0.1) is 0 Å². The molecule has 0 aliphatic heterocycles. The molecule has 118 valence electrons. The standard InChI is InChI=1S/C19H14F4/c1-2-3-11-4-6-12(7-5-11)13-8-14-10-16(21)18(22)19(23)17(14)15(20)9-13/h4-10H,2-3H2,1H3. The van der Waals surface area contributed by atoms with Gasteiger partial charge in [0.25, 0.3) is 0 Å². The molecule has 0 N–H and O–H groups in total. The lowest BCUT2D eigenvalue weighted by atomic mass is 9.98. The highest BCUT2D eigenvalue weighted by Gasteiger charge is 2.17. The highest BCUT2D eigenvalue weighted by molar-refractivity contribution is 5.88. The summed E-state index contributed by atoms with van der Waals surface area (Å²) in [7, 11) is 0. The minimum Gasteiger partial charge on any atom is -0.206 e. The van der Waals surface area contributed by atoms with E-state index < -0.39 is 28.7 Å². The second-order valence-corrected chi connectivity index (χ2v) is 5.49. The van der Waals surface area contributed by atoms with Crippen molar-refractivity contribution in [3.63, 3.8) is 0 Å². The number of fused-ring (bicyclic) bond motifs is 1. The van der Waals surface area contributed by atoms with Gasteiger partial charge in [-0.25, -0.2) is 17.6 Å². The average Bonchev–Trinajstić information content (AvgIpc) is 2.53. The van der Waals surface area contributed by atoms with E-state index in [2.05, 4.69) is 6.92 Å². The molecule has 0 amide bonds. The number of hydrogen-bond donors (Lipinski definition) is 0. The molecule has 0 aliphatic rings. The fourth-order valence-electron chi connectivity index (χ4n) is 2.71. The molecule has 4 heteroatoms. The third-order valence-corrected chi connectivity index (χ3v) is 3.85. The van der Waals surface area contributed by atoms with E-state index in [4.69, 9.17) is 0 Å². The van der Waals surface area contributed by atoms with E-state index in [-0.39, 0.29) is 5.39 Å². The Morgan fingerprint density at radius 1 is 0.739 bits per heavy atom. The normalized spacial score (nSPS) is 11.2. The SMILES string of the molecule is CCCc1ccc(-c2cc(F)c3c(F)c(F)c(F)cc3c2)cc1. The maximum atomic E-state index is 14.2. The first-order valence-electron chi connectivity index (χ1n) is 7.37. The Morgan fingerprint density at radius 2 is 1.43 bits per heavy atom. The Morgan fingerprint density at radius 3 is 2.09 bits per heavy atom. The summed E-state index contributed by atoms with van der Waals surface area (Å²) < 4.78 is 54.6.